The van der Waals surface area contributed by atoms with E-state index >= 15 is 0 Å². The summed E-state index contributed by atoms with van der Waals surface area (Å²) in [6.45, 7) is 1.38. The van der Waals surface area contributed by atoms with Gasteiger partial charge >= 0.3 is 0 Å². The Morgan fingerprint density at radius 1 is 0.967 bits per heavy atom. The van der Waals surface area contributed by atoms with Crippen molar-refractivity contribution >= 4 is 23.3 Å². The molecule has 3 N–H and O–H groups in total. The Morgan fingerprint density at radius 2 is 1.63 bits per heavy atom. The average Bonchev–Trinajstić information content (AvgIpc) is 2.74. The molecule has 0 saturated carbocycles. The van der Waals surface area contributed by atoms with Gasteiger partial charge in [-0.1, -0.05) is 12.1 Å². The standard InChI is InChI=1S/C21H20N4O5/c1-13(26)24-18-11-19(23-12-22-18)30-17-9-5-15(6-10-17)25-21(28)20(27)14-3-7-16(29-2)8-4-14/h3-12,20,27H,1-2H3,(H,25,28)(H,22,23,24,26). The van der Waals surface area contributed by atoms with Crippen LogP contribution in [0, 0.1) is 0 Å². The fourth-order valence-corrected chi connectivity index (χ4v) is 2.52. The fraction of sp³-hybridized carbons (Fsp3) is 0.143. The first kappa shape index (κ1) is 20.7. The van der Waals surface area contributed by atoms with Crippen LogP contribution in [0.2, 0.25) is 0 Å². The van der Waals surface area contributed by atoms with Crippen LogP contribution in [-0.2, 0) is 9.59 Å². The molecule has 0 aliphatic heterocycles. The number of methoxy groups -OCH3 is 1. The minimum atomic E-state index is -1.32. The third-order valence-corrected chi connectivity index (χ3v) is 3.97. The Balaban J connectivity index is 1.61. The predicted octanol–water partition coefficient (Wildman–Crippen LogP) is 2.91. The largest absolute Gasteiger partial charge is 0.497 e. The summed E-state index contributed by atoms with van der Waals surface area (Å²) in [5.74, 6) is 0.858. The van der Waals surface area contributed by atoms with Gasteiger partial charge in [0.1, 0.15) is 23.6 Å². The smallest absolute Gasteiger partial charge is 0.257 e. The van der Waals surface area contributed by atoms with Crippen LogP contribution in [-0.4, -0.2) is 34.0 Å². The number of aliphatic hydroxyl groups is 1. The number of anilines is 2. The molecule has 1 heterocycles. The molecule has 1 unspecified atom stereocenters. The molecule has 3 rings (SSSR count). The molecule has 0 aliphatic rings. The molecule has 0 fully saturated rings. The zero-order valence-electron chi connectivity index (χ0n) is 16.3. The molecule has 0 aliphatic carbocycles. The molecule has 0 bridgehead atoms. The monoisotopic (exact) mass is 408 g/mol. The average molecular weight is 408 g/mol. The highest BCUT2D eigenvalue weighted by molar-refractivity contribution is 5.94. The van der Waals surface area contributed by atoms with Crippen molar-refractivity contribution in [2.24, 2.45) is 0 Å². The van der Waals surface area contributed by atoms with Crippen molar-refractivity contribution < 1.29 is 24.2 Å². The fourth-order valence-electron chi connectivity index (χ4n) is 2.52. The van der Waals surface area contributed by atoms with Crippen molar-refractivity contribution in [3.63, 3.8) is 0 Å². The van der Waals surface area contributed by atoms with E-state index in [1.165, 1.54) is 26.4 Å². The third-order valence-electron chi connectivity index (χ3n) is 3.97. The number of hydrogen-bond donors (Lipinski definition) is 3. The highest BCUT2D eigenvalue weighted by Crippen LogP contribution is 2.24. The maximum absolute atomic E-state index is 12.3. The molecule has 3 aromatic rings. The second-order valence-corrected chi connectivity index (χ2v) is 6.21. The Hall–Kier alpha value is -3.98. The molecule has 2 amide bonds. The molecule has 30 heavy (non-hydrogen) atoms. The summed E-state index contributed by atoms with van der Waals surface area (Å²) < 4.78 is 10.7. The maximum Gasteiger partial charge on any atom is 0.257 e. The number of rotatable bonds is 7. The van der Waals surface area contributed by atoms with E-state index in [2.05, 4.69) is 20.6 Å². The number of carbonyl (C=O) groups is 2. The van der Waals surface area contributed by atoms with Crippen molar-refractivity contribution in [2.45, 2.75) is 13.0 Å². The van der Waals surface area contributed by atoms with Crippen LogP contribution in [0.3, 0.4) is 0 Å². The number of hydrogen-bond acceptors (Lipinski definition) is 7. The topological polar surface area (TPSA) is 123 Å². The van der Waals surface area contributed by atoms with Gasteiger partial charge in [-0.2, -0.15) is 0 Å². The van der Waals surface area contributed by atoms with Crippen LogP contribution in [0.1, 0.15) is 18.6 Å². The molecule has 1 atom stereocenters. The third kappa shape index (κ3) is 5.52. The van der Waals surface area contributed by atoms with Crippen molar-refractivity contribution in [1.82, 2.24) is 9.97 Å². The molecule has 9 nitrogen and oxygen atoms in total. The summed E-state index contributed by atoms with van der Waals surface area (Å²) in [6.07, 6.45) is -0.0458. The van der Waals surface area contributed by atoms with Gasteiger partial charge in [0.15, 0.2) is 6.10 Å². The molecule has 9 heteroatoms. The minimum Gasteiger partial charge on any atom is -0.497 e. The van der Waals surface area contributed by atoms with Crippen molar-refractivity contribution in [3.8, 4) is 17.4 Å². The predicted molar refractivity (Wildman–Crippen MR) is 109 cm³/mol. The number of carbonyl (C=O) groups excluding carboxylic acids is 2. The van der Waals surface area contributed by atoms with Crippen LogP contribution in [0.25, 0.3) is 0 Å². The lowest BCUT2D eigenvalue weighted by atomic mass is 10.1. The molecule has 0 saturated heterocycles. The van der Waals surface area contributed by atoms with Gasteiger partial charge in [0.2, 0.25) is 11.8 Å². The lowest BCUT2D eigenvalue weighted by Crippen LogP contribution is -2.20. The molecule has 2 aromatic carbocycles. The molecular weight excluding hydrogens is 388 g/mol. The van der Waals surface area contributed by atoms with E-state index in [9.17, 15) is 14.7 Å². The Kier molecular flexibility index (Phi) is 6.56. The lowest BCUT2D eigenvalue weighted by molar-refractivity contribution is -0.124. The van der Waals surface area contributed by atoms with E-state index in [4.69, 9.17) is 9.47 Å². The van der Waals surface area contributed by atoms with Gasteiger partial charge in [0.05, 0.1) is 7.11 Å². The number of amides is 2. The van der Waals surface area contributed by atoms with Gasteiger partial charge in [-0.05, 0) is 42.0 Å². The highest BCUT2D eigenvalue weighted by Gasteiger charge is 2.17. The summed E-state index contributed by atoms with van der Waals surface area (Å²) in [5, 5.41) is 15.4. The molecule has 154 valence electrons. The summed E-state index contributed by atoms with van der Waals surface area (Å²) in [7, 11) is 1.54. The second kappa shape index (κ2) is 9.48. The number of benzene rings is 2. The van der Waals surface area contributed by atoms with Gasteiger partial charge in [-0.15, -0.1) is 0 Å². The molecule has 1 aromatic heterocycles. The zero-order chi connectivity index (χ0) is 21.5. The molecule has 0 spiro atoms. The minimum absolute atomic E-state index is 0.250. The zero-order valence-corrected chi connectivity index (χ0v) is 16.3. The SMILES string of the molecule is COc1ccc(C(O)C(=O)Nc2ccc(Oc3cc(NC(C)=O)ncn3)cc2)cc1. The normalized spacial score (nSPS) is 11.3. The van der Waals surface area contributed by atoms with Crippen molar-refractivity contribution in [3.05, 3.63) is 66.5 Å². The van der Waals surface area contributed by atoms with Crippen molar-refractivity contribution in [2.75, 3.05) is 17.7 Å². The van der Waals surface area contributed by atoms with Crippen LogP contribution in [0.15, 0.2) is 60.9 Å². The molecular formula is C21H20N4O5. The number of aliphatic hydroxyl groups excluding tert-OH is 1. The quantitative estimate of drug-likeness (QED) is 0.549. The van der Waals surface area contributed by atoms with Gasteiger partial charge in [-0.3, -0.25) is 9.59 Å². The van der Waals surface area contributed by atoms with Gasteiger partial charge < -0.3 is 25.2 Å². The van der Waals surface area contributed by atoms with Crippen LogP contribution in [0.4, 0.5) is 11.5 Å². The summed E-state index contributed by atoms with van der Waals surface area (Å²) in [5.41, 5.74) is 0.938. The number of nitrogens with one attached hydrogen (secondary N) is 2. The number of nitrogens with zero attached hydrogens (tertiary/aromatic N) is 2. The Morgan fingerprint density at radius 3 is 2.27 bits per heavy atom. The van der Waals surface area contributed by atoms with Gasteiger partial charge in [0, 0.05) is 18.7 Å². The highest BCUT2D eigenvalue weighted by atomic mass is 16.5. The van der Waals surface area contributed by atoms with E-state index in [1.807, 2.05) is 0 Å². The first-order valence-electron chi connectivity index (χ1n) is 8.95. The number of aromatic nitrogens is 2. The Labute approximate surface area is 172 Å². The van der Waals surface area contributed by atoms with Crippen LogP contribution in [0.5, 0.6) is 17.4 Å². The van der Waals surface area contributed by atoms with Gasteiger partial charge in [-0.25, -0.2) is 9.97 Å². The number of ether oxygens (including phenoxy) is 2. The van der Waals surface area contributed by atoms with E-state index < -0.39 is 12.0 Å². The van der Waals surface area contributed by atoms with Crippen LogP contribution < -0.4 is 20.1 Å². The summed E-state index contributed by atoms with van der Waals surface area (Å²) in [4.78, 5) is 31.3. The van der Waals surface area contributed by atoms with E-state index in [0.29, 0.717) is 28.6 Å². The van der Waals surface area contributed by atoms with E-state index in [-0.39, 0.29) is 11.8 Å². The second-order valence-electron chi connectivity index (χ2n) is 6.21. The van der Waals surface area contributed by atoms with Crippen molar-refractivity contribution in [1.29, 1.82) is 0 Å². The molecule has 0 radical (unpaired) electrons. The Bertz CT molecular complexity index is 1020. The summed E-state index contributed by atoms with van der Waals surface area (Å²) in [6, 6.07) is 14.6. The summed E-state index contributed by atoms with van der Waals surface area (Å²) >= 11 is 0. The first-order chi connectivity index (χ1) is 14.4. The van der Waals surface area contributed by atoms with Crippen LogP contribution >= 0.6 is 0 Å². The van der Waals surface area contributed by atoms with E-state index in [0.717, 1.165) is 0 Å². The maximum atomic E-state index is 12.3. The van der Waals surface area contributed by atoms with Gasteiger partial charge in [0.25, 0.3) is 5.91 Å². The lowest BCUT2D eigenvalue weighted by Gasteiger charge is -2.13. The van der Waals surface area contributed by atoms with E-state index in [1.54, 1.807) is 48.5 Å². The first-order valence-corrected chi connectivity index (χ1v) is 8.95.